The van der Waals surface area contributed by atoms with Gasteiger partial charge in [-0.1, -0.05) is 63.8 Å². The highest BCUT2D eigenvalue weighted by atomic mass is 32.2. The Morgan fingerprint density at radius 3 is 1.26 bits per heavy atom. The van der Waals surface area contributed by atoms with Crippen LogP contribution in [0.3, 0.4) is 0 Å². The molecule has 0 radical (unpaired) electrons. The predicted octanol–water partition coefficient (Wildman–Crippen LogP) is 8.48. The van der Waals surface area contributed by atoms with Crippen molar-refractivity contribution in [3.8, 4) is 0 Å². The Bertz CT molecular complexity index is 2330. The summed E-state index contributed by atoms with van der Waals surface area (Å²) in [6.45, 7) is 7.16. The van der Waals surface area contributed by atoms with Crippen molar-refractivity contribution in [2.75, 3.05) is 36.1 Å². The van der Waals surface area contributed by atoms with Crippen LogP contribution in [0.2, 0.25) is 0 Å². The number of benzene rings is 2. The molecule has 0 N–H and O–H groups in total. The summed E-state index contributed by atoms with van der Waals surface area (Å²) in [5.74, 6) is 0. The van der Waals surface area contributed by atoms with E-state index >= 15 is 0 Å². The molecule has 22 heteroatoms. The molecule has 2 fully saturated rings. The van der Waals surface area contributed by atoms with E-state index in [0.29, 0.717) is 44.2 Å². The number of rotatable bonds is 12. The van der Waals surface area contributed by atoms with E-state index in [1.54, 1.807) is 47.8 Å². The second-order valence-electron chi connectivity index (χ2n) is 17.7. The summed E-state index contributed by atoms with van der Waals surface area (Å²) < 4.78 is 148. The summed E-state index contributed by atoms with van der Waals surface area (Å²) >= 11 is 0. The maximum Gasteiger partial charge on any atom is 0.511 e. The molecule has 14 nitrogen and oxygen atoms in total. The highest BCUT2D eigenvalue weighted by Crippen LogP contribution is 2.39. The molecule has 2 aliphatic carbocycles. The fourth-order valence-electron chi connectivity index (χ4n) is 9.29. The van der Waals surface area contributed by atoms with Crippen LogP contribution < -0.4 is 9.80 Å². The van der Waals surface area contributed by atoms with E-state index < -0.39 is 43.1 Å². The third kappa shape index (κ3) is 12.4. The Hall–Kier alpha value is -4.22. The number of imidazole rings is 2. The van der Waals surface area contributed by atoms with E-state index in [1.807, 2.05) is 74.4 Å². The largest absolute Gasteiger partial charge is 0.511 e. The van der Waals surface area contributed by atoms with Crippen molar-refractivity contribution in [3.05, 3.63) is 95.1 Å². The van der Waals surface area contributed by atoms with Crippen LogP contribution in [-0.4, -0.2) is 106 Å². The van der Waals surface area contributed by atoms with Gasteiger partial charge in [-0.15, -0.1) is 0 Å². The van der Waals surface area contributed by atoms with Crippen LogP contribution in [0.1, 0.15) is 98.9 Å². The summed E-state index contributed by atoms with van der Waals surface area (Å²) in [6, 6.07) is 9.69. The minimum Gasteiger partial charge on any atom is -0.376 e. The molecule has 8 rings (SSSR count). The van der Waals surface area contributed by atoms with E-state index in [1.165, 1.54) is 0 Å². The maximum atomic E-state index is 13.5. The van der Waals surface area contributed by atoms with Crippen LogP contribution >= 0.6 is 0 Å². The first-order chi connectivity index (χ1) is 32.1. The molecule has 2 aromatic carbocycles. The van der Waals surface area contributed by atoms with Crippen molar-refractivity contribution >= 4 is 31.4 Å². The second kappa shape index (κ2) is 22.2. The lowest BCUT2D eigenvalue weighted by molar-refractivity contribution is -0.0501. The van der Waals surface area contributed by atoms with Gasteiger partial charge in [0.25, 0.3) is 0 Å². The lowest BCUT2D eigenvalue weighted by atomic mass is 10.1. The predicted molar refractivity (Wildman–Crippen MR) is 247 cm³/mol. The molecule has 0 unspecified atom stereocenters. The molecule has 68 heavy (non-hydrogen) atoms. The molecule has 378 valence electrons. The van der Waals surface area contributed by atoms with Crippen molar-refractivity contribution in [1.82, 2.24) is 27.7 Å². The molecule has 2 atom stereocenters. The quantitative estimate of drug-likeness (QED) is 0.127. The highest BCUT2D eigenvalue weighted by Gasteiger charge is 2.53. The highest BCUT2D eigenvalue weighted by molar-refractivity contribution is 7.90. The maximum absolute atomic E-state index is 13.5. The number of nitrogens with zero attached hydrogens (tertiary/aromatic N) is 8. The van der Waals surface area contributed by atoms with Crippen LogP contribution in [0, 0.1) is 13.8 Å². The minimum absolute atomic E-state index is 0.0506. The van der Waals surface area contributed by atoms with Gasteiger partial charge in [-0.3, -0.25) is 0 Å². The van der Waals surface area contributed by atoms with Gasteiger partial charge in [0.2, 0.25) is 0 Å². The fourth-order valence-corrected chi connectivity index (χ4v) is 11.2. The van der Waals surface area contributed by atoms with Crippen molar-refractivity contribution < 1.29 is 52.7 Å². The SMILES string of the molecule is CC.Cc1cccc2c1CN(S(=O)(=O)C(F)(F)F)C[C@@H](COC1CCCC1)N2Cc1cn(C)cn1.Cc1cccc2c1CN(S(=O)(=O)C(F)(F)F)C[C@H](COC1CCCC1)N2Cc1cn(C)cn1. The number of halogens is 6. The zero-order valence-electron chi connectivity index (χ0n) is 39.5. The number of ether oxygens (including phenoxy) is 2. The van der Waals surface area contributed by atoms with Crippen molar-refractivity contribution in [2.24, 2.45) is 14.1 Å². The van der Waals surface area contributed by atoms with E-state index in [9.17, 15) is 43.2 Å². The Morgan fingerprint density at radius 2 is 0.956 bits per heavy atom. The lowest BCUT2D eigenvalue weighted by Gasteiger charge is -2.34. The van der Waals surface area contributed by atoms with Gasteiger partial charge in [0, 0.05) is 64.0 Å². The number of hydrogen-bond donors (Lipinski definition) is 0. The first-order valence-electron chi connectivity index (χ1n) is 23.1. The summed E-state index contributed by atoms with van der Waals surface area (Å²) in [7, 11) is -7.34. The standard InChI is InChI=1S/2C22H29F3N4O3S.C2H6/c2*1-16-6-5-9-21-20(16)13-28(33(30,31)22(23,24)25)12-18(14-32-19-7-3-4-8-19)29(21)11-17-10-27(2)15-26-17;1-2/h2*5-6,9-10,15,18-19H,3-4,7-8,11-14H2,1-2H3;1-2H3/t2*18-;/m10./s1. The first-order valence-corrected chi connectivity index (χ1v) is 26.0. The molecule has 4 aromatic rings. The van der Waals surface area contributed by atoms with Crippen LogP contribution in [-0.2, 0) is 69.8 Å². The molecule has 0 saturated heterocycles. The molecule has 4 aliphatic rings. The van der Waals surface area contributed by atoms with E-state index in [-0.39, 0.29) is 51.6 Å². The van der Waals surface area contributed by atoms with Crippen molar-refractivity contribution in [3.63, 3.8) is 0 Å². The smallest absolute Gasteiger partial charge is 0.376 e. The zero-order chi connectivity index (χ0) is 49.6. The Morgan fingerprint density at radius 1 is 0.603 bits per heavy atom. The number of fused-ring (bicyclic) bond motifs is 2. The Balaban J connectivity index is 0.000000216. The normalized spacial score (nSPS) is 20.2. The molecular weight excluding hydrogens is 939 g/mol. The number of aromatic nitrogens is 4. The Labute approximate surface area is 396 Å². The van der Waals surface area contributed by atoms with Crippen LogP contribution in [0.5, 0.6) is 0 Å². The number of alkyl halides is 6. The fraction of sp³-hybridized carbons (Fsp3) is 0.609. The molecular formula is C46H64F6N8O6S2. The molecule has 4 heterocycles. The van der Waals surface area contributed by atoms with Crippen molar-refractivity contribution in [1.29, 1.82) is 0 Å². The van der Waals surface area contributed by atoms with Gasteiger partial charge in [0.15, 0.2) is 0 Å². The zero-order valence-corrected chi connectivity index (χ0v) is 41.1. The summed E-state index contributed by atoms with van der Waals surface area (Å²) in [4.78, 5) is 12.7. The average molecular weight is 1000 g/mol. The van der Waals surface area contributed by atoms with Crippen LogP contribution in [0.15, 0.2) is 61.4 Å². The number of anilines is 2. The third-order valence-electron chi connectivity index (χ3n) is 12.9. The second-order valence-corrected chi connectivity index (χ2v) is 21.6. The van der Waals surface area contributed by atoms with Gasteiger partial charge in [-0.25, -0.2) is 26.8 Å². The van der Waals surface area contributed by atoms with E-state index in [4.69, 9.17) is 9.47 Å². The average Bonchev–Trinajstić information content (AvgIpc) is 4.11. The molecule has 0 spiro atoms. The number of aryl methyl sites for hydroxylation is 4. The van der Waals surface area contributed by atoms with E-state index in [0.717, 1.165) is 73.9 Å². The molecule has 2 aromatic heterocycles. The van der Waals surface area contributed by atoms with Crippen molar-refractivity contribution in [2.45, 2.75) is 141 Å². The van der Waals surface area contributed by atoms with Gasteiger partial charge in [0.1, 0.15) is 0 Å². The molecule has 0 bridgehead atoms. The minimum atomic E-state index is -5.51. The monoisotopic (exact) mass is 1000 g/mol. The molecule has 2 aliphatic heterocycles. The van der Waals surface area contributed by atoms with Crippen LogP contribution in [0.4, 0.5) is 37.7 Å². The lowest BCUT2D eigenvalue weighted by Crippen LogP contribution is -2.49. The molecule has 2 saturated carbocycles. The number of hydrogen-bond acceptors (Lipinski definition) is 10. The van der Waals surface area contributed by atoms with Gasteiger partial charge >= 0.3 is 31.1 Å². The van der Waals surface area contributed by atoms with Gasteiger partial charge in [-0.05, 0) is 73.9 Å². The Kier molecular flexibility index (Phi) is 17.4. The van der Waals surface area contributed by atoms with Gasteiger partial charge < -0.3 is 28.4 Å². The summed E-state index contributed by atoms with van der Waals surface area (Å²) in [5, 5.41) is 0. The van der Waals surface area contributed by atoms with Gasteiger partial charge in [-0.2, -0.15) is 35.0 Å². The van der Waals surface area contributed by atoms with E-state index in [2.05, 4.69) is 9.97 Å². The summed E-state index contributed by atoms with van der Waals surface area (Å²) in [5.41, 5.74) is -5.26. The topological polar surface area (TPSA) is 135 Å². The third-order valence-corrected chi connectivity index (χ3v) is 16.0. The number of sulfonamides is 2. The summed E-state index contributed by atoms with van der Waals surface area (Å²) in [6.07, 6.45) is 15.0. The first kappa shape index (κ1) is 53.1. The molecule has 0 amide bonds. The van der Waals surface area contributed by atoms with Gasteiger partial charge in [0.05, 0.1) is 74.6 Å². The van der Waals surface area contributed by atoms with Crippen LogP contribution in [0.25, 0.3) is 0 Å².